The Balaban J connectivity index is 1.72. The molecule has 16 heavy (non-hydrogen) atoms. The van der Waals surface area contributed by atoms with Gasteiger partial charge in [-0.25, -0.2) is 8.42 Å². The zero-order valence-corrected chi connectivity index (χ0v) is 10.5. The van der Waals surface area contributed by atoms with Crippen molar-refractivity contribution >= 4 is 9.84 Å². The molecule has 0 radical (unpaired) electrons. The van der Waals surface area contributed by atoms with Crippen LogP contribution in [0.1, 0.15) is 32.1 Å². The molecule has 2 aliphatic rings. The van der Waals surface area contributed by atoms with Crippen LogP contribution in [0.2, 0.25) is 0 Å². The highest BCUT2D eigenvalue weighted by atomic mass is 32.2. The second-order valence-electron chi connectivity index (χ2n) is 4.78. The molecule has 5 heteroatoms. The smallest absolute Gasteiger partial charge is 0.154 e. The summed E-state index contributed by atoms with van der Waals surface area (Å²) in [4.78, 5) is 0. The summed E-state index contributed by atoms with van der Waals surface area (Å²) in [5.41, 5.74) is 0. The first-order chi connectivity index (χ1) is 7.68. The van der Waals surface area contributed by atoms with Crippen LogP contribution in [0, 0.1) is 0 Å². The summed E-state index contributed by atoms with van der Waals surface area (Å²) in [6, 6.07) is 0. The van der Waals surface area contributed by atoms with Gasteiger partial charge in [0.05, 0.1) is 17.1 Å². The molecule has 2 fully saturated rings. The molecule has 0 aliphatic carbocycles. The first kappa shape index (κ1) is 12.3. The fourth-order valence-electron chi connectivity index (χ4n) is 2.46. The van der Waals surface area contributed by atoms with Crippen LogP contribution in [0.4, 0.5) is 0 Å². The van der Waals surface area contributed by atoms with Crippen LogP contribution >= 0.6 is 0 Å². The van der Waals surface area contributed by atoms with Crippen LogP contribution in [0.15, 0.2) is 0 Å². The Morgan fingerprint density at radius 3 is 2.69 bits per heavy atom. The van der Waals surface area contributed by atoms with Crippen molar-refractivity contribution in [2.45, 2.75) is 43.5 Å². The number of nitrogens with one attached hydrogen (secondary N) is 1. The van der Waals surface area contributed by atoms with Gasteiger partial charge in [-0.2, -0.15) is 0 Å². The third-order valence-corrected chi connectivity index (χ3v) is 5.76. The fourth-order valence-corrected chi connectivity index (χ4v) is 4.30. The minimum atomic E-state index is -2.82. The largest absolute Gasteiger partial charge is 0.377 e. The van der Waals surface area contributed by atoms with Crippen LogP contribution in [-0.4, -0.2) is 45.2 Å². The third kappa shape index (κ3) is 3.18. The molecule has 0 spiro atoms. The lowest BCUT2D eigenvalue weighted by molar-refractivity contribution is 0.110. The van der Waals surface area contributed by atoms with Gasteiger partial charge in [0, 0.05) is 19.7 Å². The average molecular weight is 247 g/mol. The Kier molecular flexibility index (Phi) is 4.21. The van der Waals surface area contributed by atoms with E-state index >= 15 is 0 Å². The van der Waals surface area contributed by atoms with Gasteiger partial charge in [0.2, 0.25) is 0 Å². The number of ether oxygens (including phenoxy) is 1. The van der Waals surface area contributed by atoms with Gasteiger partial charge in [0.15, 0.2) is 9.84 Å². The quantitative estimate of drug-likeness (QED) is 0.795. The van der Waals surface area contributed by atoms with Crippen molar-refractivity contribution < 1.29 is 13.2 Å². The summed E-state index contributed by atoms with van der Waals surface area (Å²) in [5.74, 6) is 0.374. The summed E-state index contributed by atoms with van der Waals surface area (Å²) in [5, 5.41) is 3.08. The van der Waals surface area contributed by atoms with Crippen LogP contribution in [0.3, 0.4) is 0 Å². The van der Waals surface area contributed by atoms with Gasteiger partial charge in [0.1, 0.15) is 0 Å². The standard InChI is InChI=1S/C11H21NO3S/c13-16(14)7-2-1-5-11(16)9-12-8-10-4-3-6-15-10/h10-12H,1-9H2. The molecule has 2 atom stereocenters. The molecule has 0 bridgehead atoms. The van der Waals surface area contributed by atoms with Crippen molar-refractivity contribution in [3.63, 3.8) is 0 Å². The van der Waals surface area contributed by atoms with Gasteiger partial charge in [-0.3, -0.25) is 0 Å². The van der Waals surface area contributed by atoms with E-state index in [-0.39, 0.29) is 5.25 Å². The molecular formula is C11H21NO3S. The number of hydrogen-bond donors (Lipinski definition) is 1. The van der Waals surface area contributed by atoms with E-state index in [4.69, 9.17) is 4.74 Å². The Labute approximate surface area is 97.7 Å². The van der Waals surface area contributed by atoms with E-state index in [1.807, 2.05) is 0 Å². The Bertz CT molecular complexity index is 309. The summed E-state index contributed by atoms with van der Waals surface area (Å²) in [6.07, 6.45) is 5.24. The van der Waals surface area contributed by atoms with E-state index in [0.717, 1.165) is 45.3 Å². The topological polar surface area (TPSA) is 55.4 Å². The van der Waals surface area contributed by atoms with Crippen molar-refractivity contribution in [2.75, 3.05) is 25.4 Å². The number of sulfone groups is 1. The summed E-state index contributed by atoms with van der Waals surface area (Å²) < 4.78 is 29.0. The molecule has 4 nitrogen and oxygen atoms in total. The molecule has 1 N–H and O–H groups in total. The predicted molar refractivity (Wildman–Crippen MR) is 63.3 cm³/mol. The molecule has 94 valence electrons. The monoisotopic (exact) mass is 247 g/mol. The molecule has 2 aliphatic heterocycles. The van der Waals surface area contributed by atoms with Crippen molar-refractivity contribution in [2.24, 2.45) is 0 Å². The minimum Gasteiger partial charge on any atom is -0.377 e. The Morgan fingerprint density at radius 2 is 2.00 bits per heavy atom. The SMILES string of the molecule is O=S1(=O)CCCCC1CNCC1CCCO1. The summed E-state index contributed by atoms with van der Waals surface area (Å²) in [7, 11) is -2.82. The van der Waals surface area contributed by atoms with Gasteiger partial charge in [-0.05, 0) is 25.7 Å². The maximum Gasteiger partial charge on any atom is 0.154 e. The Morgan fingerprint density at radius 1 is 1.12 bits per heavy atom. The normalized spacial score (nSPS) is 34.0. The predicted octanol–water partition coefficient (Wildman–Crippen LogP) is 0.722. The number of hydrogen-bond acceptors (Lipinski definition) is 4. The van der Waals surface area contributed by atoms with E-state index in [1.165, 1.54) is 0 Å². The zero-order valence-electron chi connectivity index (χ0n) is 9.65. The summed E-state index contributed by atoms with van der Waals surface area (Å²) in [6.45, 7) is 2.25. The van der Waals surface area contributed by atoms with Crippen molar-refractivity contribution in [1.82, 2.24) is 5.32 Å². The van der Waals surface area contributed by atoms with Crippen LogP contribution in [-0.2, 0) is 14.6 Å². The minimum absolute atomic E-state index is 0.164. The second kappa shape index (κ2) is 5.47. The third-order valence-electron chi connectivity index (χ3n) is 3.48. The first-order valence-corrected chi connectivity index (χ1v) is 7.94. The van der Waals surface area contributed by atoms with E-state index in [2.05, 4.69) is 5.32 Å². The van der Waals surface area contributed by atoms with Gasteiger partial charge < -0.3 is 10.1 Å². The molecule has 2 saturated heterocycles. The highest BCUT2D eigenvalue weighted by Gasteiger charge is 2.28. The van der Waals surface area contributed by atoms with E-state index in [1.54, 1.807) is 0 Å². The van der Waals surface area contributed by atoms with E-state index < -0.39 is 9.84 Å². The molecule has 2 unspecified atom stereocenters. The van der Waals surface area contributed by atoms with Crippen molar-refractivity contribution in [1.29, 1.82) is 0 Å². The lowest BCUT2D eigenvalue weighted by Crippen LogP contribution is -2.39. The highest BCUT2D eigenvalue weighted by Crippen LogP contribution is 2.19. The van der Waals surface area contributed by atoms with E-state index in [0.29, 0.717) is 18.4 Å². The molecule has 0 saturated carbocycles. The van der Waals surface area contributed by atoms with Crippen LogP contribution in [0.5, 0.6) is 0 Å². The lowest BCUT2D eigenvalue weighted by atomic mass is 10.2. The maximum absolute atomic E-state index is 11.7. The molecule has 0 amide bonds. The molecule has 2 rings (SSSR count). The molecule has 2 heterocycles. The summed E-state index contributed by atoms with van der Waals surface area (Å²) >= 11 is 0. The molecular weight excluding hydrogens is 226 g/mol. The molecule has 0 aromatic rings. The lowest BCUT2D eigenvalue weighted by Gasteiger charge is -2.23. The first-order valence-electron chi connectivity index (χ1n) is 6.22. The van der Waals surface area contributed by atoms with E-state index in [9.17, 15) is 8.42 Å². The highest BCUT2D eigenvalue weighted by molar-refractivity contribution is 7.92. The van der Waals surface area contributed by atoms with Crippen LogP contribution in [0.25, 0.3) is 0 Å². The van der Waals surface area contributed by atoms with Gasteiger partial charge in [0.25, 0.3) is 0 Å². The number of rotatable bonds is 4. The van der Waals surface area contributed by atoms with Crippen molar-refractivity contribution in [3.8, 4) is 0 Å². The second-order valence-corrected chi connectivity index (χ2v) is 7.18. The van der Waals surface area contributed by atoms with Crippen molar-refractivity contribution in [3.05, 3.63) is 0 Å². The fraction of sp³-hybridized carbons (Fsp3) is 1.00. The molecule has 0 aromatic heterocycles. The molecule has 0 aromatic carbocycles. The zero-order chi connectivity index (χ0) is 11.4. The van der Waals surface area contributed by atoms with Gasteiger partial charge in [-0.1, -0.05) is 6.42 Å². The Hall–Kier alpha value is -0.130. The average Bonchev–Trinajstić information content (AvgIpc) is 2.73. The maximum atomic E-state index is 11.7. The van der Waals surface area contributed by atoms with Crippen LogP contribution < -0.4 is 5.32 Å². The van der Waals surface area contributed by atoms with Gasteiger partial charge >= 0.3 is 0 Å². The van der Waals surface area contributed by atoms with Gasteiger partial charge in [-0.15, -0.1) is 0 Å².